The Kier molecular flexibility index (Phi) is 4.55. The van der Waals surface area contributed by atoms with Crippen LogP contribution in [0.3, 0.4) is 0 Å². The lowest BCUT2D eigenvalue weighted by molar-refractivity contribution is -0.129. The smallest absolute Gasteiger partial charge is 0.416 e. The van der Waals surface area contributed by atoms with Gasteiger partial charge in [0.25, 0.3) is 0 Å². The number of carbonyl (C=O) groups is 2. The number of benzene rings is 1. The first kappa shape index (κ1) is 13.6. The summed E-state index contributed by atoms with van der Waals surface area (Å²) in [6.07, 6.45) is 2.25. The van der Waals surface area contributed by atoms with E-state index in [9.17, 15) is 9.59 Å². The summed E-state index contributed by atoms with van der Waals surface area (Å²) < 4.78 is 4.97. The minimum Gasteiger partial charge on any atom is -0.447 e. The largest absolute Gasteiger partial charge is 0.447 e. The van der Waals surface area contributed by atoms with Crippen LogP contribution in [0.1, 0.15) is 31.7 Å². The number of hydrogen-bond acceptors (Lipinski definition) is 3. The number of imide groups is 1. The number of hydrogen-bond donors (Lipinski definition) is 0. The van der Waals surface area contributed by atoms with Gasteiger partial charge in [-0.1, -0.05) is 43.7 Å². The monoisotopic (exact) mass is 261 g/mol. The Morgan fingerprint density at radius 1 is 1.37 bits per heavy atom. The van der Waals surface area contributed by atoms with Crippen molar-refractivity contribution in [1.29, 1.82) is 0 Å². The number of cyclic esters (lactones) is 1. The first-order chi connectivity index (χ1) is 9.22. The van der Waals surface area contributed by atoms with Crippen LogP contribution in [0.4, 0.5) is 4.79 Å². The summed E-state index contributed by atoms with van der Waals surface area (Å²) >= 11 is 0. The zero-order chi connectivity index (χ0) is 13.7. The van der Waals surface area contributed by atoms with Gasteiger partial charge >= 0.3 is 6.09 Å². The van der Waals surface area contributed by atoms with Gasteiger partial charge in [-0.25, -0.2) is 9.69 Å². The van der Waals surface area contributed by atoms with Gasteiger partial charge in [0.15, 0.2) is 0 Å². The molecule has 2 amide bonds. The molecule has 1 aliphatic heterocycles. The standard InChI is InChI=1S/C15H19NO3/c1-2-6-13-11-19-15(18)16(13)14(17)10-9-12-7-4-3-5-8-12/h3-5,7-8,13H,2,6,9-11H2,1H3. The summed E-state index contributed by atoms with van der Waals surface area (Å²) in [5.74, 6) is -0.134. The summed E-state index contributed by atoms with van der Waals surface area (Å²) in [6.45, 7) is 2.37. The Bertz CT molecular complexity index is 444. The summed E-state index contributed by atoms with van der Waals surface area (Å²) in [4.78, 5) is 25.0. The average Bonchev–Trinajstić information content (AvgIpc) is 2.79. The van der Waals surface area contributed by atoms with Crippen LogP contribution in [-0.2, 0) is 16.0 Å². The summed E-state index contributed by atoms with van der Waals surface area (Å²) in [5.41, 5.74) is 1.11. The van der Waals surface area contributed by atoms with Crippen molar-refractivity contribution < 1.29 is 14.3 Å². The molecule has 1 heterocycles. The Balaban J connectivity index is 1.93. The molecule has 0 spiro atoms. The van der Waals surface area contributed by atoms with Gasteiger partial charge in [0.05, 0.1) is 6.04 Å². The van der Waals surface area contributed by atoms with Gasteiger partial charge < -0.3 is 4.74 Å². The van der Waals surface area contributed by atoms with Gasteiger partial charge in [0, 0.05) is 6.42 Å². The Hall–Kier alpha value is -1.84. The molecule has 0 bridgehead atoms. The molecule has 4 heteroatoms. The maximum Gasteiger partial charge on any atom is 0.416 e. The minimum absolute atomic E-state index is 0.0826. The maximum absolute atomic E-state index is 12.1. The van der Waals surface area contributed by atoms with Crippen molar-refractivity contribution in [3.63, 3.8) is 0 Å². The number of aryl methyl sites for hydroxylation is 1. The number of carbonyl (C=O) groups excluding carboxylic acids is 2. The van der Waals surface area contributed by atoms with Crippen LogP contribution in [-0.4, -0.2) is 29.5 Å². The number of rotatable bonds is 5. The quantitative estimate of drug-likeness (QED) is 0.818. The van der Waals surface area contributed by atoms with Gasteiger partial charge in [0.1, 0.15) is 6.61 Å². The summed E-state index contributed by atoms with van der Waals surface area (Å²) in [6, 6.07) is 9.73. The third-order valence-corrected chi connectivity index (χ3v) is 3.32. The first-order valence-corrected chi connectivity index (χ1v) is 6.75. The molecule has 102 valence electrons. The molecule has 1 fully saturated rings. The third kappa shape index (κ3) is 3.34. The molecule has 0 saturated carbocycles. The summed E-state index contributed by atoms with van der Waals surface area (Å²) in [7, 11) is 0. The van der Waals surface area contributed by atoms with E-state index in [1.807, 2.05) is 37.3 Å². The SMILES string of the molecule is CCCC1COC(=O)N1C(=O)CCc1ccccc1. The molecule has 1 aromatic rings. The lowest BCUT2D eigenvalue weighted by Gasteiger charge is -2.18. The fourth-order valence-electron chi connectivity index (χ4n) is 2.33. The fraction of sp³-hybridized carbons (Fsp3) is 0.467. The third-order valence-electron chi connectivity index (χ3n) is 3.32. The molecule has 1 saturated heterocycles. The Morgan fingerprint density at radius 3 is 2.79 bits per heavy atom. The Labute approximate surface area is 113 Å². The number of ether oxygens (including phenoxy) is 1. The van der Waals surface area contributed by atoms with Crippen molar-refractivity contribution in [2.75, 3.05) is 6.61 Å². The van der Waals surface area contributed by atoms with E-state index in [0.29, 0.717) is 19.4 Å². The van der Waals surface area contributed by atoms with Crippen LogP contribution in [0.2, 0.25) is 0 Å². The van der Waals surface area contributed by atoms with Crippen molar-refractivity contribution in [3.8, 4) is 0 Å². The molecule has 2 rings (SSSR count). The van der Waals surface area contributed by atoms with Crippen molar-refractivity contribution in [1.82, 2.24) is 4.90 Å². The van der Waals surface area contributed by atoms with Crippen molar-refractivity contribution in [2.24, 2.45) is 0 Å². The summed E-state index contributed by atoms with van der Waals surface area (Å²) in [5, 5.41) is 0. The second kappa shape index (κ2) is 6.36. The predicted molar refractivity (Wildman–Crippen MR) is 71.7 cm³/mol. The van der Waals surface area contributed by atoms with Crippen LogP contribution in [0.25, 0.3) is 0 Å². The highest BCUT2D eigenvalue weighted by atomic mass is 16.6. The van der Waals surface area contributed by atoms with Crippen LogP contribution in [0.15, 0.2) is 30.3 Å². The van der Waals surface area contributed by atoms with E-state index >= 15 is 0 Å². The van der Waals surface area contributed by atoms with Crippen molar-refractivity contribution in [3.05, 3.63) is 35.9 Å². The highest BCUT2D eigenvalue weighted by molar-refractivity contribution is 5.93. The normalized spacial score (nSPS) is 18.5. The molecule has 1 unspecified atom stereocenters. The topological polar surface area (TPSA) is 46.6 Å². The molecule has 1 aliphatic rings. The van der Waals surface area contributed by atoms with Crippen molar-refractivity contribution in [2.45, 2.75) is 38.6 Å². The molecule has 0 aliphatic carbocycles. The van der Waals surface area contributed by atoms with Gasteiger partial charge in [-0.3, -0.25) is 4.79 Å². The number of amides is 2. The average molecular weight is 261 g/mol. The zero-order valence-electron chi connectivity index (χ0n) is 11.2. The van der Waals surface area contributed by atoms with Gasteiger partial charge in [-0.2, -0.15) is 0 Å². The molecular weight excluding hydrogens is 242 g/mol. The fourth-order valence-corrected chi connectivity index (χ4v) is 2.33. The van der Waals surface area contributed by atoms with E-state index in [1.165, 1.54) is 4.90 Å². The van der Waals surface area contributed by atoms with E-state index in [-0.39, 0.29) is 11.9 Å². The van der Waals surface area contributed by atoms with Crippen LogP contribution < -0.4 is 0 Å². The van der Waals surface area contributed by atoms with E-state index in [1.54, 1.807) is 0 Å². The van der Waals surface area contributed by atoms with E-state index in [4.69, 9.17) is 4.74 Å². The molecule has 0 aromatic heterocycles. The Morgan fingerprint density at radius 2 is 2.11 bits per heavy atom. The maximum atomic E-state index is 12.1. The highest BCUT2D eigenvalue weighted by Gasteiger charge is 2.36. The molecular formula is C15H19NO3. The van der Waals surface area contributed by atoms with Gasteiger partial charge in [-0.05, 0) is 18.4 Å². The molecule has 1 atom stereocenters. The van der Waals surface area contributed by atoms with Crippen LogP contribution in [0, 0.1) is 0 Å². The highest BCUT2D eigenvalue weighted by Crippen LogP contribution is 2.18. The lowest BCUT2D eigenvalue weighted by atomic mass is 10.1. The van der Waals surface area contributed by atoms with Gasteiger partial charge in [0.2, 0.25) is 5.91 Å². The minimum atomic E-state index is -0.489. The molecule has 1 aromatic carbocycles. The van der Waals surface area contributed by atoms with Crippen LogP contribution >= 0.6 is 0 Å². The van der Waals surface area contributed by atoms with Crippen LogP contribution in [0.5, 0.6) is 0 Å². The van der Waals surface area contributed by atoms with Crippen molar-refractivity contribution >= 4 is 12.0 Å². The second-order valence-electron chi connectivity index (χ2n) is 4.77. The first-order valence-electron chi connectivity index (χ1n) is 6.75. The van der Waals surface area contributed by atoms with Gasteiger partial charge in [-0.15, -0.1) is 0 Å². The second-order valence-corrected chi connectivity index (χ2v) is 4.77. The predicted octanol–water partition coefficient (Wildman–Crippen LogP) is 2.77. The molecule has 0 N–H and O–H groups in total. The lowest BCUT2D eigenvalue weighted by Crippen LogP contribution is -2.39. The van der Waals surface area contributed by atoms with E-state index in [2.05, 4.69) is 0 Å². The molecule has 4 nitrogen and oxygen atoms in total. The number of nitrogens with zero attached hydrogens (tertiary/aromatic N) is 1. The van der Waals surface area contributed by atoms with E-state index in [0.717, 1.165) is 18.4 Å². The molecule has 19 heavy (non-hydrogen) atoms. The van der Waals surface area contributed by atoms with E-state index < -0.39 is 6.09 Å². The zero-order valence-corrected chi connectivity index (χ0v) is 11.2. The molecule has 0 radical (unpaired) electrons.